The van der Waals surface area contributed by atoms with Crippen molar-refractivity contribution < 1.29 is 0 Å². The number of hydrogen-bond acceptors (Lipinski definition) is 1. The van der Waals surface area contributed by atoms with E-state index in [1.807, 2.05) is 0 Å². The van der Waals surface area contributed by atoms with Crippen molar-refractivity contribution in [3.63, 3.8) is 0 Å². The van der Waals surface area contributed by atoms with Crippen LogP contribution in [0.25, 0.3) is 0 Å². The molecule has 1 heteroatoms. The van der Waals surface area contributed by atoms with Crippen molar-refractivity contribution in [3.8, 4) is 0 Å². The van der Waals surface area contributed by atoms with Crippen molar-refractivity contribution in [1.29, 1.82) is 0 Å². The van der Waals surface area contributed by atoms with Crippen LogP contribution in [-0.4, -0.2) is 6.04 Å². The molecule has 2 N–H and O–H groups in total. The first-order valence-corrected chi connectivity index (χ1v) is 6.32. The van der Waals surface area contributed by atoms with E-state index in [4.69, 9.17) is 5.73 Å². The van der Waals surface area contributed by atoms with E-state index in [9.17, 15) is 0 Å². The van der Waals surface area contributed by atoms with Gasteiger partial charge >= 0.3 is 0 Å². The normalized spacial score (nSPS) is 20.8. The van der Waals surface area contributed by atoms with Crippen LogP contribution < -0.4 is 5.73 Å². The van der Waals surface area contributed by atoms with Gasteiger partial charge in [0.2, 0.25) is 0 Å². The van der Waals surface area contributed by atoms with Crippen molar-refractivity contribution in [1.82, 2.24) is 0 Å². The molecule has 0 spiro atoms. The summed E-state index contributed by atoms with van der Waals surface area (Å²) in [6, 6.07) is 11.2. The van der Waals surface area contributed by atoms with Gasteiger partial charge in [0.05, 0.1) is 0 Å². The van der Waals surface area contributed by atoms with Gasteiger partial charge in [-0.05, 0) is 44.1 Å². The predicted octanol–water partition coefficient (Wildman–Crippen LogP) is 3.45. The first kappa shape index (κ1) is 11.4. The second-order valence-corrected chi connectivity index (χ2v) is 4.72. The minimum Gasteiger partial charge on any atom is -0.328 e. The van der Waals surface area contributed by atoms with E-state index >= 15 is 0 Å². The Bertz CT molecular complexity index is 330. The number of rotatable bonds is 3. The molecule has 0 aliphatic heterocycles. The van der Waals surface area contributed by atoms with Gasteiger partial charge in [-0.1, -0.05) is 42.0 Å². The number of allylic oxidation sites excluding steroid dienone is 2. The molecular weight excluding hydrogens is 194 g/mol. The Hall–Kier alpha value is -1.08. The molecule has 0 aromatic heterocycles. The maximum atomic E-state index is 5.89. The molecule has 0 atom stereocenters. The second kappa shape index (κ2) is 5.86. The molecule has 1 aromatic carbocycles. The van der Waals surface area contributed by atoms with Gasteiger partial charge < -0.3 is 5.73 Å². The molecule has 86 valence electrons. The molecule has 1 aromatic rings. The number of nitrogens with two attached hydrogens (primary N) is 1. The molecule has 1 aliphatic rings. The third-order valence-corrected chi connectivity index (χ3v) is 3.38. The Balaban J connectivity index is 1.77. The summed E-state index contributed by atoms with van der Waals surface area (Å²) >= 11 is 0. The second-order valence-electron chi connectivity index (χ2n) is 4.72. The molecule has 1 saturated carbocycles. The van der Waals surface area contributed by atoms with Crippen molar-refractivity contribution in [2.45, 2.75) is 44.6 Å². The third-order valence-electron chi connectivity index (χ3n) is 3.38. The summed E-state index contributed by atoms with van der Waals surface area (Å²) in [6.07, 6.45) is 9.56. The summed E-state index contributed by atoms with van der Waals surface area (Å²) < 4.78 is 0. The highest BCUT2D eigenvalue weighted by Crippen LogP contribution is 2.22. The van der Waals surface area contributed by atoms with Crippen LogP contribution in [0.2, 0.25) is 0 Å². The average molecular weight is 215 g/mol. The standard InChI is InChI=1S/C15H21N/c16-15-11-9-14(10-12-15)8-4-7-13-5-2-1-3-6-13/h1-3,5-6,8,15H,4,7,9-12,16H2. The van der Waals surface area contributed by atoms with Gasteiger partial charge in [-0.25, -0.2) is 0 Å². The molecule has 0 bridgehead atoms. The maximum absolute atomic E-state index is 5.89. The lowest BCUT2D eigenvalue weighted by molar-refractivity contribution is 0.510. The Kier molecular flexibility index (Phi) is 4.17. The highest BCUT2D eigenvalue weighted by Gasteiger charge is 2.11. The van der Waals surface area contributed by atoms with Crippen molar-refractivity contribution in [2.75, 3.05) is 0 Å². The molecular formula is C15H21N. The van der Waals surface area contributed by atoms with E-state index in [0.717, 1.165) is 6.42 Å². The van der Waals surface area contributed by atoms with Gasteiger partial charge in [0.1, 0.15) is 0 Å². The highest BCUT2D eigenvalue weighted by molar-refractivity contribution is 5.16. The molecule has 0 amide bonds. The van der Waals surface area contributed by atoms with Crippen LogP contribution in [0.5, 0.6) is 0 Å². The molecule has 1 fully saturated rings. The van der Waals surface area contributed by atoms with Crippen molar-refractivity contribution >= 4 is 0 Å². The summed E-state index contributed by atoms with van der Waals surface area (Å²) in [6.45, 7) is 0. The molecule has 0 unspecified atom stereocenters. The number of aryl methyl sites for hydroxylation is 1. The SMILES string of the molecule is NC1CCC(=CCCc2ccccc2)CC1. The summed E-state index contributed by atoms with van der Waals surface area (Å²) in [5, 5.41) is 0. The minimum absolute atomic E-state index is 0.450. The molecule has 2 rings (SSSR count). The zero-order chi connectivity index (χ0) is 11.2. The summed E-state index contributed by atoms with van der Waals surface area (Å²) in [5.41, 5.74) is 8.95. The van der Waals surface area contributed by atoms with Gasteiger partial charge in [0.15, 0.2) is 0 Å². The van der Waals surface area contributed by atoms with Crippen molar-refractivity contribution in [2.24, 2.45) is 5.73 Å². The summed E-state index contributed by atoms with van der Waals surface area (Å²) in [4.78, 5) is 0. The lowest BCUT2D eigenvalue weighted by atomic mass is 9.90. The maximum Gasteiger partial charge on any atom is 0.00449 e. The van der Waals surface area contributed by atoms with Gasteiger partial charge in [0, 0.05) is 6.04 Å². The Morgan fingerprint density at radius 3 is 2.50 bits per heavy atom. The van der Waals surface area contributed by atoms with Crippen molar-refractivity contribution in [3.05, 3.63) is 47.5 Å². The third kappa shape index (κ3) is 3.49. The van der Waals surface area contributed by atoms with Crippen LogP contribution in [0.3, 0.4) is 0 Å². The largest absolute Gasteiger partial charge is 0.328 e. The van der Waals surface area contributed by atoms with Crippen LogP contribution in [0.1, 0.15) is 37.7 Å². The van der Waals surface area contributed by atoms with Crippen LogP contribution in [0, 0.1) is 0 Å². The fourth-order valence-electron chi connectivity index (χ4n) is 2.30. The van der Waals surface area contributed by atoms with E-state index in [0.29, 0.717) is 6.04 Å². The Morgan fingerprint density at radius 2 is 1.81 bits per heavy atom. The van der Waals surface area contributed by atoms with E-state index in [1.54, 1.807) is 5.57 Å². The molecule has 1 nitrogen and oxygen atoms in total. The Morgan fingerprint density at radius 1 is 1.12 bits per heavy atom. The fraction of sp³-hybridized carbons (Fsp3) is 0.467. The zero-order valence-electron chi connectivity index (χ0n) is 9.86. The monoisotopic (exact) mass is 215 g/mol. The van der Waals surface area contributed by atoms with Gasteiger partial charge in [0.25, 0.3) is 0 Å². The summed E-state index contributed by atoms with van der Waals surface area (Å²) in [5.74, 6) is 0. The topological polar surface area (TPSA) is 26.0 Å². The van der Waals surface area contributed by atoms with Crippen LogP contribution in [0.4, 0.5) is 0 Å². The molecule has 1 aliphatic carbocycles. The van der Waals surface area contributed by atoms with E-state index in [-0.39, 0.29) is 0 Å². The Labute approximate surface area is 98.4 Å². The first-order chi connectivity index (χ1) is 7.84. The quantitative estimate of drug-likeness (QED) is 0.768. The van der Waals surface area contributed by atoms with E-state index in [2.05, 4.69) is 36.4 Å². The van der Waals surface area contributed by atoms with Crippen LogP contribution in [0.15, 0.2) is 42.0 Å². The van der Waals surface area contributed by atoms with E-state index in [1.165, 1.54) is 37.7 Å². The molecule has 0 saturated heterocycles. The summed E-state index contributed by atoms with van der Waals surface area (Å²) in [7, 11) is 0. The molecule has 16 heavy (non-hydrogen) atoms. The van der Waals surface area contributed by atoms with Gasteiger partial charge in [-0.15, -0.1) is 0 Å². The van der Waals surface area contributed by atoms with Gasteiger partial charge in [-0.2, -0.15) is 0 Å². The first-order valence-electron chi connectivity index (χ1n) is 6.32. The fourth-order valence-corrected chi connectivity index (χ4v) is 2.30. The highest BCUT2D eigenvalue weighted by atomic mass is 14.6. The lowest BCUT2D eigenvalue weighted by Gasteiger charge is -2.20. The average Bonchev–Trinajstić information content (AvgIpc) is 2.33. The van der Waals surface area contributed by atoms with Crippen LogP contribution in [-0.2, 0) is 6.42 Å². The zero-order valence-corrected chi connectivity index (χ0v) is 9.86. The smallest absolute Gasteiger partial charge is 0.00449 e. The van der Waals surface area contributed by atoms with E-state index < -0.39 is 0 Å². The van der Waals surface area contributed by atoms with Gasteiger partial charge in [-0.3, -0.25) is 0 Å². The predicted molar refractivity (Wildman–Crippen MR) is 69.3 cm³/mol. The number of benzene rings is 1. The van der Waals surface area contributed by atoms with Crippen LogP contribution >= 0.6 is 0 Å². The number of hydrogen-bond donors (Lipinski definition) is 1. The molecule has 0 radical (unpaired) electrons. The minimum atomic E-state index is 0.450. The molecule has 0 heterocycles. The lowest BCUT2D eigenvalue weighted by Crippen LogP contribution is -2.23.